The Labute approximate surface area is 111 Å². The molecule has 0 aliphatic carbocycles. The molecule has 4 heteroatoms. The van der Waals surface area contributed by atoms with Crippen LogP contribution < -0.4 is 10.6 Å². The topological polar surface area (TPSA) is 71.4 Å². The average molecular weight is 251 g/mol. The van der Waals surface area contributed by atoms with Crippen molar-refractivity contribution >= 4 is 6.21 Å². The Balaban J connectivity index is 2.10. The minimum Gasteiger partial charge on any atom is -0.489 e. The van der Waals surface area contributed by atoms with Crippen LogP contribution in [-0.4, -0.2) is 6.21 Å². The molecule has 0 bridgehead atoms. The highest BCUT2D eigenvalue weighted by atomic mass is 16.5. The van der Waals surface area contributed by atoms with Crippen molar-refractivity contribution in [3.63, 3.8) is 0 Å². The maximum Gasteiger partial charge on any atom is 0.120 e. The van der Waals surface area contributed by atoms with Gasteiger partial charge in [0, 0.05) is 5.56 Å². The number of hydrogen-bond donors (Lipinski definition) is 1. The summed E-state index contributed by atoms with van der Waals surface area (Å²) in [5.74, 6) is 5.82. The van der Waals surface area contributed by atoms with E-state index in [-0.39, 0.29) is 0 Å². The fraction of sp³-hybridized carbons (Fsp3) is 0.0667. The first-order chi connectivity index (χ1) is 9.33. The van der Waals surface area contributed by atoms with Gasteiger partial charge in [0.05, 0.1) is 17.8 Å². The molecule has 0 amide bonds. The van der Waals surface area contributed by atoms with Crippen molar-refractivity contribution in [2.75, 3.05) is 0 Å². The first kappa shape index (κ1) is 12.7. The van der Waals surface area contributed by atoms with Crippen molar-refractivity contribution in [3.05, 3.63) is 65.2 Å². The number of nitrogens with two attached hydrogens (primary N) is 1. The van der Waals surface area contributed by atoms with E-state index < -0.39 is 0 Å². The number of ether oxygens (including phenoxy) is 1. The first-order valence-electron chi connectivity index (χ1n) is 5.77. The standard InChI is InChI=1S/C15H13N3O/c16-9-13-5-1-2-6-14(13)11-19-15-7-3-4-12(8-15)10-18-17/h1-8,10H,11,17H2. The van der Waals surface area contributed by atoms with Gasteiger partial charge in [0.15, 0.2) is 0 Å². The molecule has 0 atom stereocenters. The van der Waals surface area contributed by atoms with E-state index in [1.807, 2.05) is 42.5 Å². The molecule has 94 valence electrons. The van der Waals surface area contributed by atoms with E-state index in [0.29, 0.717) is 17.9 Å². The van der Waals surface area contributed by atoms with Gasteiger partial charge in [-0.1, -0.05) is 30.3 Å². The lowest BCUT2D eigenvalue weighted by Gasteiger charge is -2.08. The van der Waals surface area contributed by atoms with E-state index >= 15 is 0 Å². The smallest absolute Gasteiger partial charge is 0.120 e. The molecule has 0 aromatic heterocycles. The molecule has 0 unspecified atom stereocenters. The fourth-order valence-corrected chi connectivity index (χ4v) is 1.69. The highest BCUT2D eigenvalue weighted by molar-refractivity contribution is 5.79. The summed E-state index contributed by atoms with van der Waals surface area (Å²) >= 11 is 0. The van der Waals surface area contributed by atoms with Crippen molar-refractivity contribution in [1.82, 2.24) is 0 Å². The Bertz CT molecular complexity index is 629. The molecule has 0 spiro atoms. The minimum atomic E-state index is 0.354. The molecule has 2 aromatic rings. The van der Waals surface area contributed by atoms with Crippen molar-refractivity contribution < 1.29 is 4.74 Å². The summed E-state index contributed by atoms with van der Waals surface area (Å²) in [6.07, 6.45) is 1.55. The molecule has 0 fully saturated rings. The largest absolute Gasteiger partial charge is 0.489 e. The molecule has 19 heavy (non-hydrogen) atoms. The summed E-state index contributed by atoms with van der Waals surface area (Å²) in [4.78, 5) is 0. The molecule has 0 radical (unpaired) electrons. The summed E-state index contributed by atoms with van der Waals surface area (Å²) in [6.45, 7) is 0.354. The van der Waals surface area contributed by atoms with Gasteiger partial charge in [-0.3, -0.25) is 0 Å². The molecule has 2 aromatic carbocycles. The van der Waals surface area contributed by atoms with Crippen molar-refractivity contribution in [2.24, 2.45) is 10.9 Å². The van der Waals surface area contributed by atoms with Gasteiger partial charge in [-0.25, -0.2) is 0 Å². The van der Waals surface area contributed by atoms with E-state index in [0.717, 1.165) is 11.1 Å². The lowest BCUT2D eigenvalue weighted by Crippen LogP contribution is -1.98. The van der Waals surface area contributed by atoms with Crippen LogP contribution in [0.5, 0.6) is 5.75 Å². The molecule has 0 saturated heterocycles. The number of nitriles is 1. The van der Waals surface area contributed by atoms with Crippen LogP contribution in [0.15, 0.2) is 53.6 Å². The zero-order chi connectivity index (χ0) is 13.5. The molecular weight excluding hydrogens is 238 g/mol. The van der Waals surface area contributed by atoms with Crippen LogP contribution in [0, 0.1) is 11.3 Å². The Kier molecular flexibility index (Phi) is 4.14. The second-order valence-corrected chi connectivity index (χ2v) is 3.91. The molecule has 0 aliphatic heterocycles. The normalized spacial score (nSPS) is 10.3. The van der Waals surface area contributed by atoms with E-state index in [1.54, 1.807) is 12.3 Å². The Morgan fingerprint density at radius 3 is 2.84 bits per heavy atom. The molecule has 2 N–H and O–H groups in total. The van der Waals surface area contributed by atoms with Crippen LogP contribution in [0.25, 0.3) is 0 Å². The highest BCUT2D eigenvalue weighted by Gasteiger charge is 2.02. The SMILES string of the molecule is N#Cc1ccccc1COc1cccc(C=NN)c1. The van der Waals surface area contributed by atoms with Gasteiger partial charge >= 0.3 is 0 Å². The maximum absolute atomic E-state index is 8.99. The van der Waals surface area contributed by atoms with Crippen LogP contribution in [-0.2, 0) is 6.61 Å². The predicted molar refractivity (Wildman–Crippen MR) is 73.7 cm³/mol. The van der Waals surface area contributed by atoms with Crippen LogP contribution in [0.4, 0.5) is 0 Å². The highest BCUT2D eigenvalue weighted by Crippen LogP contribution is 2.15. The summed E-state index contributed by atoms with van der Waals surface area (Å²) in [7, 11) is 0. The zero-order valence-corrected chi connectivity index (χ0v) is 10.3. The number of nitrogens with zero attached hydrogens (tertiary/aromatic N) is 2. The number of benzene rings is 2. The molecule has 0 aliphatic rings. The van der Waals surface area contributed by atoms with E-state index in [9.17, 15) is 0 Å². The molecule has 2 rings (SSSR count). The molecule has 4 nitrogen and oxygen atoms in total. The Morgan fingerprint density at radius 2 is 2.05 bits per heavy atom. The third-order valence-electron chi connectivity index (χ3n) is 2.61. The lowest BCUT2D eigenvalue weighted by atomic mass is 10.1. The third kappa shape index (κ3) is 3.33. The molecular formula is C15H13N3O. The van der Waals surface area contributed by atoms with E-state index in [1.165, 1.54) is 0 Å². The van der Waals surface area contributed by atoms with Crippen LogP contribution in [0.3, 0.4) is 0 Å². The molecule has 0 heterocycles. The van der Waals surface area contributed by atoms with Crippen molar-refractivity contribution in [1.29, 1.82) is 5.26 Å². The minimum absolute atomic E-state index is 0.354. The fourth-order valence-electron chi connectivity index (χ4n) is 1.69. The van der Waals surface area contributed by atoms with Gasteiger partial charge in [-0.2, -0.15) is 10.4 Å². The van der Waals surface area contributed by atoms with Gasteiger partial charge in [0.25, 0.3) is 0 Å². The summed E-state index contributed by atoms with van der Waals surface area (Å²) in [6, 6.07) is 17.0. The van der Waals surface area contributed by atoms with E-state index in [2.05, 4.69) is 11.2 Å². The van der Waals surface area contributed by atoms with Gasteiger partial charge in [-0.15, -0.1) is 0 Å². The van der Waals surface area contributed by atoms with Crippen molar-refractivity contribution in [2.45, 2.75) is 6.61 Å². The second kappa shape index (κ2) is 6.22. The van der Waals surface area contributed by atoms with Gasteiger partial charge < -0.3 is 10.6 Å². The second-order valence-electron chi connectivity index (χ2n) is 3.91. The lowest BCUT2D eigenvalue weighted by molar-refractivity contribution is 0.306. The maximum atomic E-state index is 8.99. The summed E-state index contributed by atoms with van der Waals surface area (Å²) in [5.41, 5.74) is 2.36. The third-order valence-corrected chi connectivity index (χ3v) is 2.61. The molecule has 0 saturated carbocycles. The average Bonchev–Trinajstić information content (AvgIpc) is 2.46. The van der Waals surface area contributed by atoms with Gasteiger partial charge in [-0.05, 0) is 23.8 Å². The number of hydrazone groups is 1. The number of rotatable bonds is 4. The van der Waals surface area contributed by atoms with E-state index in [4.69, 9.17) is 15.8 Å². The van der Waals surface area contributed by atoms with Crippen molar-refractivity contribution in [3.8, 4) is 11.8 Å². The monoisotopic (exact) mass is 251 g/mol. The Hall–Kier alpha value is -2.80. The summed E-state index contributed by atoms with van der Waals surface area (Å²) in [5, 5.41) is 12.5. The number of hydrogen-bond acceptors (Lipinski definition) is 4. The Morgan fingerprint density at radius 1 is 1.21 bits per heavy atom. The van der Waals surface area contributed by atoms with Crippen LogP contribution in [0.1, 0.15) is 16.7 Å². The predicted octanol–water partition coefficient (Wildman–Crippen LogP) is 2.43. The quantitative estimate of drug-likeness (QED) is 0.515. The summed E-state index contributed by atoms with van der Waals surface area (Å²) < 4.78 is 5.67. The zero-order valence-electron chi connectivity index (χ0n) is 10.3. The first-order valence-corrected chi connectivity index (χ1v) is 5.77. The van der Waals surface area contributed by atoms with Crippen LogP contribution >= 0.6 is 0 Å². The van der Waals surface area contributed by atoms with Crippen LogP contribution in [0.2, 0.25) is 0 Å². The van der Waals surface area contributed by atoms with Gasteiger partial charge in [0.1, 0.15) is 12.4 Å². The van der Waals surface area contributed by atoms with Gasteiger partial charge in [0.2, 0.25) is 0 Å².